The van der Waals surface area contributed by atoms with E-state index in [-0.39, 0.29) is 16.7 Å². The van der Waals surface area contributed by atoms with Crippen LogP contribution in [-0.2, 0) is 6.18 Å². The van der Waals surface area contributed by atoms with Crippen molar-refractivity contribution in [3.8, 4) is 11.1 Å². The van der Waals surface area contributed by atoms with E-state index in [1.807, 2.05) is 0 Å². The summed E-state index contributed by atoms with van der Waals surface area (Å²) < 4.78 is 39.5. The number of carbonyl (C=O) groups excluding carboxylic acids is 1. The van der Waals surface area contributed by atoms with Crippen molar-refractivity contribution < 1.29 is 18.0 Å². The van der Waals surface area contributed by atoms with Crippen LogP contribution in [0.3, 0.4) is 0 Å². The molecule has 0 unspecified atom stereocenters. The molecule has 0 saturated carbocycles. The first-order chi connectivity index (χ1) is 9.71. The summed E-state index contributed by atoms with van der Waals surface area (Å²) in [6, 6.07) is 7.84. The van der Waals surface area contributed by atoms with Gasteiger partial charge in [-0.25, -0.2) is 0 Å². The molecular formula is C15H13F3N2O. The van der Waals surface area contributed by atoms with Crippen molar-refractivity contribution >= 4 is 11.6 Å². The molecule has 0 saturated heterocycles. The summed E-state index contributed by atoms with van der Waals surface area (Å²) >= 11 is 0. The van der Waals surface area contributed by atoms with E-state index in [1.54, 1.807) is 13.0 Å². The van der Waals surface area contributed by atoms with Crippen LogP contribution in [0.15, 0.2) is 36.4 Å². The maximum absolute atomic E-state index is 13.2. The molecule has 2 aromatic carbocycles. The number of amides is 1. The molecule has 0 aliphatic rings. The minimum atomic E-state index is -4.60. The van der Waals surface area contributed by atoms with Crippen LogP contribution in [0.4, 0.5) is 18.9 Å². The number of nitrogens with two attached hydrogens (primary N) is 2. The van der Waals surface area contributed by atoms with Crippen LogP contribution < -0.4 is 11.5 Å². The standard InChI is InChI=1S/C15H13F3N2O/c1-8-5-6-9(7-12(8)19)13-10(14(20)21)3-2-4-11(13)15(16,17)18/h2-7H,19H2,1H3,(H2,20,21). The largest absolute Gasteiger partial charge is 0.417 e. The van der Waals surface area contributed by atoms with Crippen molar-refractivity contribution in [2.24, 2.45) is 5.73 Å². The Kier molecular flexibility index (Phi) is 3.63. The van der Waals surface area contributed by atoms with Crippen molar-refractivity contribution in [1.29, 1.82) is 0 Å². The fraction of sp³-hybridized carbons (Fsp3) is 0.133. The fourth-order valence-electron chi connectivity index (χ4n) is 2.10. The highest BCUT2D eigenvalue weighted by atomic mass is 19.4. The van der Waals surface area contributed by atoms with E-state index < -0.39 is 17.6 Å². The Hall–Kier alpha value is -2.50. The van der Waals surface area contributed by atoms with E-state index in [9.17, 15) is 18.0 Å². The Bertz CT molecular complexity index is 709. The van der Waals surface area contributed by atoms with Crippen LogP contribution in [0.25, 0.3) is 11.1 Å². The third kappa shape index (κ3) is 2.84. The van der Waals surface area contributed by atoms with Crippen LogP contribution in [-0.4, -0.2) is 5.91 Å². The van der Waals surface area contributed by atoms with E-state index in [2.05, 4.69) is 0 Å². The summed E-state index contributed by atoms with van der Waals surface area (Å²) in [4.78, 5) is 11.4. The number of nitrogen functional groups attached to an aromatic ring is 1. The number of hydrogen-bond acceptors (Lipinski definition) is 2. The molecule has 1 amide bonds. The van der Waals surface area contributed by atoms with Gasteiger partial charge >= 0.3 is 6.18 Å². The quantitative estimate of drug-likeness (QED) is 0.834. The zero-order valence-electron chi connectivity index (χ0n) is 11.2. The van der Waals surface area contributed by atoms with Crippen molar-refractivity contribution in [3.05, 3.63) is 53.1 Å². The summed E-state index contributed by atoms with van der Waals surface area (Å²) in [5.74, 6) is -0.921. The molecule has 0 aliphatic carbocycles. The SMILES string of the molecule is Cc1ccc(-c2c(C(N)=O)cccc2C(F)(F)F)cc1N. The highest BCUT2D eigenvalue weighted by molar-refractivity contribution is 6.01. The van der Waals surface area contributed by atoms with Gasteiger partial charge in [0.25, 0.3) is 0 Å². The van der Waals surface area contributed by atoms with Crippen molar-refractivity contribution in [3.63, 3.8) is 0 Å². The normalized spacial score (nSPS) is 11.4. The lowest BCUT2D eigenvalue weighted by Crippen LogP contribution is -2.16. The van der Waals surface area contributed by atoms with Gasteiger partial charge in [-0.05, 0) is 36.2 Å². The summed E-state index contributed by atoms with van der Waals surface area (Å²) in [5.41, 5.74) is 10.9. The van der Waals surface area contributed by atoms with Crippen LogP contribution in [0.2, 0.25) is 0 Å². The molecule has 2 rings (SSSR count). The third-order valence-corrected chi connectivity index (χ3v) is 3.20. The lowest BCUT2D eigenvalue weighted by atomic mass is 9.92. The molecule has 0 fully saturated rings. The van der Waals surface area contributed by atoms with Gasteiger partial charge in [-0.1, -0.05) is 18.2 Å². The molecule has 0 spiro atoms. The lowest BCUT2D eigenvalue weighted by molar-refractivity contribution is -0.137. The molecule has 2 aromatic rings. The maximum atomic E-state index is 13.2. The van der Waals surface area contributed by atoms with Crippen LogP contribution in [0.5, 0.6) is 0 Å². The van der Waals surface area contributed by atoms with E-state index >= 15 is 0 Å². The Balaban J connectivity index is 2.81. The van der Waals surface area contributed by atoms with E-state index in [0.29, 0.717) is 5.69 Å². The third-order valence-electron chi connectivity index (χ3n) is 3.20. The number of anilines is 1. The second kappa shape index (κ2) is 5.12. The van der Waals surface area contributed by atoms with Crippen molar-refractivity contribution in [1.82, 2.24) is 0 Å². The minimum Gasteiger partial charge on any atom is -0.398 e. The number of halogens is 3. The van der Waals surface area contributed by atoms with Gasteiger partial charge in [0.2, 0.25) is 5.91 Å². The van der Waals surface area contributed by atoms with Crippen LogP contribution in [0, 0.1) is 6.92 Å². The maximum Gasteiger partial charge on any atom is 0.417 e. The van der Waals surface area contributed by atoms with E-state index in [4.69, 9.17) is 11.5 Å². The molecular weight excluding hydrogens is 281 g/mol. The summed E-state index contributed by atoms with van der Waals surface area (Å²) in [6.07, 6.45) is -4.60. The van der Waals surface area contributed by atoms with Gasteiger partial charge in [-0.15, -0.1) is 0 Å². The number of carbonyl (C=O) groups is 1. The molecule has 0 bridgehead atoms. The molecule has 6 heteroatoms. The van der Waals surface area contributed by atoms with Crippen LogP contribution in [0.1, 0.15) is 21.5 Å². The van der Waals surface area contributed by atoms with Crippen molar-refractivity contribution in [2.45, 2.75) is 13.1 Å². The molecule has 0 aromatic heterocycles. The Morgan fingerprint density at radius 1 is 1.14 bits per heavy atom. The first-order valence-corrected chi connectivity index (χ1v) is 6.08. The topological polar surface area (TPSA) is 69.1 Å². The number of benzene rings is 2. The average Bonchev–Trinajstić information content (AvgIpc) is 2.40. The molecule has 3 nitrogen and oxygen atoms in total. The summed E-state index contributed by atoms with van der Waals surface area (Å²) in [6.45, 7) is 1.74. The molecule has 4 N–H and O–H groups in total. The van der Waals surface area contributed by atoms with Gasteiger partial charge in [0, 0.05) is 16.8 Å². The minimum absolute atomic E-state index is 0.187. The number of alkyl halides is 3. The lowest BCUT2D eigenvalue weighted by Gasteiger charge is -2.16. The predicted octanol–water partition coefficient (Wildman–Crippen LogP) is 3.36. The summed E-state index contributed by atoms with van der Waals surface area (Å²) in [7, 11) is 0. The second-order valence-corrected chi connectivity index (χ2v) is 4.66. The zero-order chi connectivity index (χ0) is 15.8. The molecule has 110 valence electrons. The zero-order valence-corrected chi connectivity index (χ0v) is 11.2. The van der Waals surface area contributed by atoms with Gasteiger partial charge < -0.3 is 11.5 Å². The Morgan fingerprint density at radius 3 is 2.33 bits per heavy atom. The number of primary amides is 1. The highest BCUT2D eigenvalue weighted by Gasteiger charge is 2.35. The van der Waals surface area contributed by atoms with Gasteiger partial charge in [0.05, 0.1) is 5.56 Å². The Morgan fingerprint density at radius 2 is 1.81 bits per heavy atom. The number of aryl methyl sites for hydroxylation is 1. The fourth-order valence-corrected chi connectivity index (χ4v) is 2.10. The van der Waals surface area contributed by atoms with Crippen molar-refractivity contribution in [2.75, 3.05) is 5.73 Å². The van der Waals surface area contributed by atoms with E-state index in [1.165, 1.54) is 18.2 Å². The first kappa shape index (κ1) is 14.9. The summed E-state index contributed by atoms with van der Waals surface area (Å²) in [5, 5.41) is 0. The molecule has 0 heterocycles. The second-order valence-electron chi connectivity index (χ2n) is 4.66. The monoisotopic (exact) mass is 294 g/mol. The van der Waals surface area contributed by atoms with E-state index in [0.717, 1.165) is 17.7 Å². The smallest absolute Gasteiger partial charge is 0.398 e. The van der Waals surface area contributed by atoms with Gasteiger partial charge in [-0.2, -0.15) is 13.2 Å². The number of rotatable bonds is 2. The Labute approximate surface area is 119 Å². The molecule has 0 atom stereocenters. The van der Waals surface area contributed by atoms with Gasteiger partial charge in [-0.3, -0.25) is 4.79 Å². The van der Waals surface area contributed by atoms with Gasteiger partial charge in [0.1, 0.15) is 0 Å². The van der Waals surface area contributed by atoms with Gasteiger partial charge in [0.15, 0.2) is 0 Å². The highest BCUT2D eigenvalue weighted by Crippen LogP contribution is 2.39. The first-order valence-electron chi connectivity index (χ1n) is 6.08. The molecule has 21 heavy (non-hydrogen) atoms. The predicted molar refractivity (Wildman–Crippen MR) is 74.5 cm³/mol. The molecule has 0 aliphatic heterocycles. The average molecular weight is 294 g/mol. The number of hydrogen-bond donors (Lipinski definition) is 2. The molecule has 0 radical (unpaired) electrons. The van der Waals surface area contributed by atoms with Crippen LogP contribution >= 0.6 is 0 Å².